The van der Waals surface area contributed by atoms with Crippen LogP contribution in [0, 0.1) is 13.8 Å². The summed E-state index contributed by atoms with van der Waals surface area (Å²) < 4.78 is 1.87. The zero-order chi connectivity index (χ0) is 25.8. The fourth-order valence-electron chi connectivity index (χ4n) is 5.03. The number of para-hydroxylation sites is 1. The van der Waals surface area contributed by atoms with Gasteiger partial charge in [0.15, 0.2) is 5.82 Å². The lowest BCUT2D eigenvalue weighted by molar-refractivity contribution is 0.113. The quantitative estimate of drug-likeness (QED) is 0.292. The molecular weight excluding hydrogens is 503 g/mol. The van der Waals surface area contributed by atoms with Crippen LogP contribution in [0.2, 0.25) is 10.0 Å². The van der Waals surface area contributed by atoms with Crippen molar-refractivity contribution in [3.8, 4) is 5.69 Å². The number of hydrogen-bond donors (Lipinski definition) is 0. The van der Waals surface area contributed by atoms with E-state index in [1.54, 1.807) is 6.07 Å². The van der Waals surface area contributed by atoms with Crippen LogP contribution in [-0.4, -0.2) is 62.7 Å². The smallest absolute Gasteiger partial charge is 0.178 e. The van der Waals surface area contributed by atoms with Gasteiger partial charge in [0.1, 0.15) is 0 Å². The fourth-order valence-corrected chi connectivity index (χ4v) is 5.57. The van der Waals surface area contributed by atoms with E-state index in [2.05, 4.69) is 93.8 Å². The highest BCUT2D eigenvalue weighted by atomic mass is 35.5. The third-order valence-electron chi connectivity index (χ3n) is 6.84. The molecule has 6 nitrogen and oxygen atoms in total. The third-order valence-corrected chi connectivity index (χ3v) is 7.27. The van der Waals surface area contributed by atoms with Gasteiger partial charge in [-0.25, -0.2) is 0 Å². The lowest BCUT2D eigenvalue weighted by Gasteiger charge is -2.38. The van der Waals surface area contributed by atoms with E-state index in [0.29, 0.717) is 10.0 Å². The average molecular weight is 534 g/mol. The van der Waals surface area contributed by atoms with Crippen LogP contribution in [0.5, 0.6) is 0 Å². The van der Waals surface area contributed by atoms with Crippen LogP contribution in [0.4, 0.5) is 0 Å². The number of tetrazole rings is 1. The van der Waals surface area contributed by atoms with E-state index in [1.807, 2.05) is 22.9 Å². The number of piperazine rings is 1. The summed E-state index contributed by atoms with van der Waals surface area (Å²) in [6, 6.07) is 22.1. The second kappa shape index (κ2) is 11.6. The van der Waals surface area contributed by atoms with E-state index in [9.17, 15) is 0 Å². The predicted octanol–water partition coefficient (Wildman–Crippen LogP) is 6.01. The first-order chi connectivity index (χ1) is 18.0. The molecule has 37 heavy (non-hydrogen) atoms. The van der Waals surface area contributed by atoms with Crippen LogP contribution in [0.25, 0.3) is 11.8 Å². The Hall–Kier alpha value is -3.03. The molecule has 1 atom stereocenters. The molecule has 1 unspecified atom stereocenters. The SMILES string of the molecule is Cc1cccc(C)c1-n1nnnc1C(c1cc(Cl)cc(Cl)c1)N1CCN(CC=Cc2ccccc2)CC1. The molecule has 1 aliphatic heterocycles. The highest BCUT2D eigenvalue weighted by Gasteiger charge is 2.32. The van der Waals surface area contributed by atoms with Crippen LogP contribution in [0.15, 0.2) is 72.8 Å². The second-order valence-electron chi connectivity index (χ2n) is 9.44. The molecule has 8 heteroatoms. The number of rotatable bonds is 7. The predicted molar refractivity (Wildman–Crippen MR) is 150 cm³/mol. The summed E-state index contributed by atoms with van der Waals surface area (Å²) in [5.41, 5.74) is 5.44. The van der Waals surface area contributed by atoms with Gasteiger partial charge in [-0.15, -0.1) is 5.10 Å². The molecule has 2 heterocycles. The Kier molecular flexibility index (Phi) is 8.01. The van der Waals surface area contributed by atoms with Crippen LogP contribution in [0.3, 0.4) is 0 Å². The zero-order valence-electron chi connectivity index (χ0n) is 21.1. The summed E-state index contributed by atoms with van der Waals surface area (Å²) in [7, 11) is 0. The van der Waals surface area contributed by atoms with E-state index in [0.717, 1.165) is 60.9 Å². The van der Waals surface area contributed by atoms with Crippen molar-refractivity contribution < 1.29 is 0 Å². The lowest BCUT2D eigenvalue weighted by Crippen LogP contribution is -2.48. The van der Waals surface area contributed by atoms with E-state index < -0.39 is 0 Å². The van der Waals surface area contributed by atoms with Crippen LogP contribution < -0.4 is 0 Å². The normalized spacial score (nSPS) is 15.9. The second-order valence-corrected chi connectivity index (χ2v) is 10.3. The Bertz CT molecular complexity index is 1340. The van der Waals surface area contributed by atoms with Gasteiger partial charge < -0.3 is 0 Å². The van der Waals surface area contributed by atoms with Gasteiger partial charge in [-0.1, -0.05) is 83.9 Å². The molecule has 0 amide bonds. The molecule has 5 rings (SSSR count). The number of aryl methyl sites for hydroxylation is 2. The van der Waals surface area contributed by atoms with Gasteiger partial charge >= 0.3 is 0 Å². The van der Waals surface area contributed by atoms with Gasteiger partial charge in [0.2, 0.25) is 0 Å². The molecule has 0 N–H and O–H groups in total. The minimum absolute atomic E-state index is 0.188. The van der Waals surface area contributed by atoms with Crippen molar-refractivity contribution in [2.45, 2.75) is 19.9 Å². The van der Waals surface area contributed by atoms with Gasteiger partial charge in [0.25, 0.3) is 0 Å². The number of aromatic nitrogens is 4. The van der Waals surface area contributed by atoms with E-state index in [1.165, 1.54) is 5.56 Å². The Morgan fingerprint density at radius 2 is 1.54 bits per heavy atom. The highest BCUT2D eigenvalue weighted by molar-refractivity contribution is 6.34. The van der Waals surface area contributed by atoms with Gasteiger partial charge in [0, 0.05) is 42.8 Å². The standard InChI is InChI=1S/C29H30Cl2N6/c1-21-8-6-9-22(2)27(21)37-29(32-33-34-37)28(24-18-25(30)20-26(31)19-24)36-16-14-35(15-17-36)13-7-12-23-10-4-3-5-11-23/h3-12,18-20,28H,13-17H2,1-2H3. The molecule has 4 aromatic rings. The summed E-state index contributed by atoms with van der Waals surface area (Å²) in [5, 5.41) is 14.3. The summed E-state index contributed by atoms with van der Waals surface area (Å²) in [4.78, 5) is 4.89. The van der Waals surface area contributed by atoms with Gasteiger partial charge in [-0.3, -0.25) is 9.80 Å². The monoisotopic (exact) mass is 532 g/mol. The van der Waals surface area contributed by atoms with Crippen molar-refractivity contribution in [2.75, 3.05) is 32.7 Å². The number of hydrogen-bond acceptors (Lipinski definition) is 5. The van der Waals surface area contributed by atoms with E-state index in [-0.39, 0.29) is 6.04 Å². The topological polar surface area (TPSA) is 50.1 Å². The fraction of sp³-hybridized carbons (Fsp3) is 0.276. The summed E-state index contributed by atoms with van der Waals surface area (Å²) in [5.74, 6) is 0.758. The average Bonchev–Trinajstić information content (AvgIpc) is 3.34. The molecule has 1 fully saturated rings. The van der Waals surface area contributed by atoms with E-state index in [4.69, 9.17) is 23.2 Å². The molecule has 0 aliphatic carbocycles. The molecular formula is C29H30Cl2N6. The minimum Gasteiger partial charge on any atom is -0.297 e. The largest absolute Gasteiger partial charge is 0.297 e. The number of benzene rings is 3. The van der Waals surface area contributed by atoms with Crippen LogP contribution in [0.1, 0.15) is 34.1 Å². The summed E-state index contributed by atoms with van der Waals surface area (Å²) in [6.07, 6.45) is 4.42. The molecule has 1 aliphatic rings. The van der Waals surface area contributed by atoms with Gasteiger partial charge in [-0.05, 0) is 64.7 Å². The molecule has 3 aromatic carbocycles. The Morgan fingerprint density at radius 3 is 2.22 bits per heavy atom. The first kappa shape index (κ1) is 25.6. The maximum Gasteiger partial charge on any atom is 0.178 e. The minimum atomic E-state index is -0.188. The molecule has 1 saturated heterocycles. The molecule has 0 spiro atoms. The van der Waals surface area contributed by atoms with Gasteiger partial charge in [-0.2, -0.15) is 4.68 Å². The van der Waals surface area contributed by atoms with Crippen molar-refractivity contribution >= 4 is 29.3 Å². The Labute approximate surface area is 228 Å². The molecule has 190 valence electrons. The zero-order valence-corrected chi connectivity index (χ0v) is 22.6. The Balaban J connectivity index is 1.42. The van der Waals surface area contributed by atoms with Crippen molar-refractivity contribution in [3.05, 3.63) is 111 Å². The number of nitrogens with zero attached hydrogens (tertiary/aromatic N) is 6. The maximum absolute atomic E-state index is 6.46. The van der Waals surface area contributed by atoms with Crippen molar-refractivity contribution in [3.63, 3.8) is 0 Å². The van der Waals surface area contributed by atoms with Crippen molar-refractivity contribution in [1.29, 1.82) is 0 Å². The first-order valence-electron chi connectivity index (χ1n) is 12.5. The molecule has 0 saturated carbocycles. The Morgan fingerprint density at radius 1 is 0.865 bits per heavy atom. The van der Waals surface area contributed by atoms with Crippen LogP contribution in [-0.2, 0) is 0 Å². The first-order valence-corrected chi connectivity index (χ1v) is 13.2. The summed E-state index contributed by atoms with van der Waals surface area (Å²) in [6.45, 7) is 8.70. The van der Waals surface area contributed by atoms with Crippen molar-refractivity contribution in [2.24, 2.45) is 0 Å². The maximum atomic E-state index is 6.46. The number of halogens is 2. The molecule has 0 bridgehead atoms. The highest BCUT2D eigenvalue weighted by Crippen LogP contribution is 2.33. The molecule has 0 radical (unpaired) electrons. The van der Waals surface area contributed by atoms with Crippen LogP contribution >= 0.6 is 23.2 Å². The lowest BCUT2D eigenvalue weighted by atomic mass is 10.0. The van der Waals surface area contributed by atoms with Gasteiger partial charge in [0.05, 0.1) is 11.7 Å². The third kappa shape index (κ3) is 5.94. The van der Waals surface area contributed by atoms with E-state index >= 15 is 0 Å². The van der Waals surface area contributed by atoms with Crippen molar-refractivity contribution in [1.82, 2.24) is 30.0 Å². The summed E-state index contributed by atoms with van der Waals surface area (Å²) >= 11 is 12.9. The molecule has 1 aromatic heterocycles.